The summed E-state index contributed by atoms with van der Waals surface area (Å²) in [6.45, 7) is 0.859. The topological polar surface area (TPSA) is 88.2 Å². The van der Waals surface area contributed by atoms with Crippen LogP contribution in [0, 0.1) is 0 Å². The van der Waals surface area contributed by atoms with Crippen LogP contribution in [0.2, 0.25) is 0 Å². The Morgan fingerprint density at radius 2 is 1.93 bits per heavy atom. The van der Waals surface area contributed by atoms with Crippen LogP contribution in [0.25, 0.3) is 0 Å². The van der Waals surface area contributed by atoms with Crippen LogP contribution < -0.4 is 19.7 Å². The van der Waals surface area contributed by atoms with E-state index in [1.54, 1.807) is 23.1 Å². The molecular weight excluding hydrogens is 374 g/mol. The minimum atomic E-state index is -0.850. The number of nitrogens with zero attached hydrogens (tertiary/aromatic N) is 2. The molecule has 1 atom stereocenters. The number of rotatable bonds is 4. The van der Waals surface area contributed by atoms with Crippen molar-refractivity contribution in [2.75, 3.05) is 18.2 Å². The molecular formula is C21H19N3O5. The summed E-state index contributed by atoms with van der Waals surface area (Å²) < 4.78 is 10.6. The number of carbonyl (C=O) groups excluding carboxylic acids is 3. The van der Waals surface area contributed by atoms with Gasteiger partial charge in [-0.15, -0.1) is 0 Å². The molecule has 1 saturated heterocycles. The summed E-state index contributed by atoms with van der Waals surface area (Å²) in [5.74, 6) is 0.668. The van der Waals surface area contributed by atoms with Crippen molar-refractivity contribution in [3.8, 4) is 11.5 Å². The fourth-order valence-electron chi connectivity index (χ4n) is 3.97. The van der Waals surface area contributed by atoms with Gasteiger partial charge < -0.3 is 19.7 Å². The Hall–Kier alpha value is -3.55. The van der Waals surface area contributed by atoms with Gasteiger partial charge in [0.25, 0.3) is 5.91 Å². The van der Waals surface area contributed by atoms with Crippen molar-refractivity contribution in [2.45, 2.75) is 25.4 Å². The molecule has 8 nitrogen and oxygen atoms in total. The number of ether oxygens (including phenoxy) is 2. The number of carbonyl (C=O) groups is 3. The Morgan fingerprint density at radius 1 is 1.10 bits per heavy atom. The normalized spacial score (nSPS) is 19.5. The van der Waals surface area contributed by atoms with Gasteiger partial charge in [0.05, 0.1) is 13.0 Å². The fourth-order valence-corrected chi connectivity index (χ4v) is 3.97. The highest BCUT2D eigenvalue weighted by molar-refractivity contribution is 6.07. The monoisotopic (exact) mass is 393 g/mol. The first-order valence-electron chi connectivity index (χ1n) is 9.49. The standard InChI is InChI=1S/C21H19N3O5/c25-19(23-8-7-14-3-1-2-4-16(14)23)10-15-20(26)24(21(27)22-15)11-13-5-6-17-18(9-13)29-12-28-17/h1-6,9,15H,7-8,10-12H2,(H,22,27)/t15-/m0/s1. The second-order valence-electron chi connectivity index (χ2n) is 7.24. The predicted molar refractivity (Wildman–Crippen MR) is 103 cm³/mol. The Morgan fingerprint density at radius 3 is 2.83 bits per heavy atom. The van der Waals surface area contributed by atoms with E-state index in [-0.39, 0.29) is 25.7 Å². The summed E-state index contributed by atoms with van der Waals surface area (Å²) in [7, 11) is 0. The average molecular weight is 393 g/mol. The zero-order valence-corrected chi connectivity index (χ0v) is 15.6. The molecule has 0 spiro atoms. The number of imide groups is 1. The first-order chi connectivity index (χ1) is 14.1. The summed E-state index contributed by atoms with van der Waals surface area (Å²) in [5, 5.41) is 2.64. The van der Waals surface area contributed by atoms with Crippen molar-refractivity contribution in [2.24, 2.45) is 0 Å². The Kier molecular flexibility index (Phi) is 4.12. The van der Waals surface area contributed by atoms with Gasteiger partial charge in [-0.1, -0.05) is 24.3 Å². The zero-order valence-electron chi connectivity index (χ0n) is 15.6. The maximum absolute atomic E-state index is 12.8. The molecule has 8 heteroatoms. The number of amides is 4. The lowest BCUT2D eigenvalue weighted by atomic mass is 10.1. The van der Waals surface area contributed by atoms with Crippen molar-refractivity contribution < 1.29 is 23.9 Å². The predicted octanol–water partition coefficient (Wildman–Crippen LogP) is 1.82. The van der Waals surface area contributed by atoms with Crippen LogP contribution in [0.5, 0.6) is 11.5 Å². The van der Waals surface area contributed by atoms with E-state index in [1.807, 2.05) is 24.3 Å². The third-order valence-electron chi connectivity index (χ3n) is 5.45. The molecule has 0 aromatic heterocycles. The summed E-state index contributed by atoms with van der Waals surface area (Å²) in [6.07, 6.45) is 0.736. The number of anilines is 1. The number of para-hydroxylation sites is 1. The minimum absolute atomic E-state index is 0.0590. The maximum Gasteiger partial charge on any atom is 0.325 e. The molecule has 2 aromatic rings. The van der Waals surface area contributed by atoms with Crippen LogP contribution in [-0.2, 0) is 22.6 Å². The molecule has 2 aromatic carbocycles. The van der Waals surface area contributed by atoms with Crippen LogP contribution in [0.4, 0.5) is 10.5 Å². The Bertz CT molecular complexity index is 1020. The van der Waals surface area contributed by atoms with Crippen LogP contribution in [0.1, 0.15) is 17.5 Å². The Labute approximate surface area is 167 Å². The highest BCUT2D eigenvalue weighted by Gasteiger charge is 2.40. The van der Waals surface area contributed by atoms with Gasteiger partial charge in [-0.05, 0) is 35.7 Å². The molecule has 148 valence electrons. The van der Waals surface area contributed by atoms with Gasteiger partial charge in [-0.2, -0.15) is 0 Å². The molecule has 0 unspecified atom stereocenters. The molecule has 5 rings (SSSR count). The summed E-state index contributed by atoms with van der Waals surface area (Å²) in [6, 6.07) is 11.7. The molecule has 0 aliphatic carbocycles. The van der Waals surface area contributed by atoms with Gasteiger partial charge in [0, 0.05) is 12.2 Å². The van der Waals surface area contributed by atoms with E-state index >= 15 is 0 Å². The van der Waals surface area contributed by atoms with Crippen molar-refractivity contribution >= 4 is 23.5 Å². The van der Waals surface area contributed by atoms with E-state index < -0.39 is 18.0 Å². The molecule has 0 radical (unpaired) electrons. The van der Waals surface area contributed by atoms with Crippen LogP contribution in [-0.4, -0.2) is 42.1 Å². The highest BCUT2D eigenvalue weighted by atomic mass is 16.7. The summed E-state index contributed by atoms with van der Waals surface area (Å²) in [4.78, 5) is 40.7. The highest BCUT2D eigenvalue weighted by Crippen LogP contribution is 2.33. The molecule has 3 aliphatic rings. The van der Waals surface area contributed by atoms with Crippen molar-refractivity contribution in [3.63, 3.8) is 0 Å². The van der Waals surface area contributed by atoms with Gasteiger partial charge in [0.2, 0.25) is 12.7 Å². The van der Waals surface area contributed by atoms with Gasteiger partial charge in [-0.3, -0.25) is 14.5 Å². The molecule has 4 amide bonds. The fraction of sp³-hybridized carbons (Fsp3) is 0.286. The molecule has 3 heterocycles. The lowest BCUT2D eigenvalue weighted by Crippen LogP contribution is -2.38. The molecule has 0 bridgehead atoms. The van der Waals surface area contributed by atoms with E-state index in [0.29, 0.717) is 18.0 Å². The van der Waals surface area contributed by atoms with E-state index in [2.05, 4.69) is 5.32 Å². The Balaban J connectivity index is 1.27. The van der Waals surface area contributed by atoms with E-state index in [9.17, 15) is 14.4 Å². The third kappa shape index (κ3) is 3.06. The zero-order chi connectivity index (χ0) is 20.0. The van der Waals surface area contributed by atoms with Crippen LogP contribution >= 0.6 is 0 Å². The van der Waals surface area contributed by atoms with Gasteiger partial charge in [-0.25, -0.2) is 4.79 Å². The van der Waals surface area contributed by atoms with Crippen LogP contribution in [0.15, 0.2) is 42.5 Å². The van der Waals surface area contributed by atoms with E-state index in [0.717, 1.165) is 28.1 Å². The number of urea groups is 1. The SMILES string of the molecule is O=C1N[C@@H](CC(=O)N2CCc3ccccc32)C(=O)N1Cc1ccc2c(c1)OCO2. The first kappa shape index (κ1) is 17.5. The largest absolute Gasteiger partial charge is 0.454 e. The second kappa shape index (κ2) is 6.80. The third-order valence-corrected chi connectivity index (χ3v) is 5.45. The van der Waals surface area contributed by atoms with Gasteiger partial charge >= 0.3 is 6.03 Å². The van der Waals surface area contributed by atoms with Crippen LogP contribution in [0.3, 0.4) is 0 Å². The molecule has 0 saturated carbocycles. The molecule has 3 aliphatic heterocycles. The smallest absolute Gasteiger partial charge is 0.325 e. The molecule has 1 N–H and O–H groups in total. The van der Waals surface area contributed by atoms with Crippen molar-refractivity contribution in [3.05, 3.63) is 53.6 Å². The molecule has 29 heavy (non-hydrogen) atoms. The number of benzene rings is 2. The van der Waals surface area contributed by atoms with E-state index in [4.69, 9.17) is 9.47 Å². The number of fused-ring (bicyclic) bond motifs is 2. The quantitative estimate of drug-likeness (QED) is 0.801. The number of nitrogens with one attached hydrogen (secondary N) is 1. The van der Waals surface area contributed by atoms with Crippen molar-refractivity contribution in [1.29, 1.82) is 0 Å². The summed E-state index contributed by atoms with van der Waals surface area (Å²) in [5.41, 5.74) is 2.75. The average Bonchev–Trinajstić information content (AvgIpc) is 3.42. The lowest BCUT2D eigenvalue weighted by molar-refractivity contribution is -0.130. The first-order valence-corrected chi connectivity index (χ1v) is 9.49. The summed E-state index contributed by atoms with van der Waals surface area (Å²) >= 11 is 0. The van der Waals surface area contributed by atoms with Gasteiger partial charge in [0.1, 0.15) is 6.04 Å². The van der Waals surface area contributed by atoms with Gasteiger partial charge in [0.15, 0.2) is 11.5 Å². The second-order valence-corrected chi connectivity index (χ2v) is 7.24. The van der Waals surface area contributed by atoms with Crippen molar-refractivity contribution in [1.82, 2.24) is 10.2 Å². The number of hydrogen-bond donors (Lipinski definition) is 1. The lowest BCUT2D eigenvalue weighted by Gasteiger charge is -2.19. The minimum Gasteiger partial charge on any atom is -0.454 e. The van der Waals surface area contributed by atoms with E-state index in [1.165, 1.54) is 0 Å². The molecule has 1 fully saturated rings. The number of hydrogen-bond acceptors (Lipinski definition) is 5. The maximum atomic E-state index is 12.8.